The van der Waals surface area contributed by atoms with Crippen LogP contribution in [-0.4, -0.2) is 37.0 Å². The normalized spacial score (nSPS) is 37.7. The molecule has 4 saturated carbocycles. The molecule has 0 spiro atoms. The van der Waals surface area contributed by atoms with Crippen LogP contribution >= 0.6 is 0 Å². The van der Waals surface area contributed by atoms with Crippen molar-refractivity contribution >= 4 is 0 Å². The molecule has 4 nitrogen and oxygen atoms in total. The van der Waals surface area contributed by atoms with Gasteiger partial charge >= 0.3 is 0 Å². The third-order valence-electron chi connectivity index (χ3n) is 14.9. The van der Waals surface area contributed by atoms with Gasteiger partial charge in [-0.2, -0.15) is 0 Å². The van der Waals surface area contributed by atoms with Crippen molar-refractivity contribution < 1.29 is 18.9 Å². The maximum atomic E-state index is 6.85. The summed E-state index contributed by atoms with van der Waals surface area (Å²) in [5, 5.41) is 0. The third kappa shape index (κ3) is 11.2. The van der Waals surface area contributed by atoms with Crippen LogP contribution in [0.2, 0.25) is 0 Å². The quantitative estimate of drug-likeness (QED) is 0.224. The lowest BCUT2D eigenvalue weighted by molar-refractivity contribution is -0.218. The van der Waals surface area contributed by atoms with Gasteiger partial charge in [0, 0.05) is 24.3 Å². The standard InChI is InChI=1S/C50H74O4/c1-3-9-39-17-21-43(22-18-39)45-27-33-49(34-28-45,53-47-11-5-7-37-51-47)31-25-41-13-15-42(16-14-41)26-32-50(54-48-12-6-8-38-52-48)35-29-46(30-36-50)44-23-19-40(10-4-2)20-24-44/h13-16,39-40,43-48H,3-12,17-24,27-30,33-38H2,1-2H3. The number of hydrogen-bond donors (Lipinski definition) is 0. The van der Waals surface area contributed by atoms with E-state index >= 15 is 0 Å². The third-order valence-corrected chi connectivity index (χ3v) is 14.9. The monoisotopic (exact) mass is 739 g/mol. The number of benzene rings is 1. The molecule has 0 N–H and O–H groups in total. The van der Waals surface area contributed by atoms with Crippen molar-refractivity contribution in [2.45, 2.75) is 205 Å². The van der Waals surface area contributed by atoms with Crippen LogP contribution in [0.1, 0.15) is 192 Å². The summed E-state index contributed by atoms with van der Waals surface area (Å²) in [7, 11) is 0. The minimum atomic E-state index is -0.408. The van der Waals surface area contributed by atoms with Gasteiger partial charge < -0.3 is 18.9 Å². The van der Waals surface area contributed by atoms with E-state index in [-0.39, 0.29) is 12.6 Å². The minimum absolute atomic E-state index is 0.115. The minimum Gasteiger partial charge on any atom is -0.353 e. The Balaban J connectivity index is 0.993. The van der Waals surface area contributed by atoms with Gasteiger partial charge in [0.15, 0.2) is 12.6 Å². The Morgan fingerprint density at radius 3 is 1.20 bits per heavy atom. The Labute approximate surface area is 330 Å². The summed E-state index contributed by atoms with van der Waals surface area (Å²) in [6, 6.07) is 8.63. The summed E-state index contributed by atoms with van der Waals surface area (Å²) in [6.45, 7) is 6.30. The molecular formula is C50H74O4. The van der Waals surface area contributed by atoms with Crippen LogP contribution in [0.15, 0.2) is 24.3 Å². The molecule has 1 aromatic rings. The molecule has 54 heavy (non-hydrogen) atoms. The molecule has 0 radical (unpaired) electrons. The first-order chi connectivity index (χ1) is 26.5. The second-order valence-electron chi connectivity index (χ2n) is 18.7. The van der Waals surface area contributed by atoms with E-state index in [1.165, 1.54) is 116 Å². The zero-order valence-electron chi connectivity index (χ0n) is 34.4. The summed E-state index contributed by atoms with van der Waals surface area (Å²) in [5.41, 5.74) is 1.27. The second-order valence-corrected chi connectivity index (χ2v) is 18.7. The van der Waals surface area contributed by atoms with Crippen molar-refractivity contribution in [3.63, 3.8) is 0 Å². The maximum Gasteiger partial charge on any atom is 0.159 e. The lowest BCUT2D eigenvalue weighted by Crippen LogP contribution is -2.42. The molecule has 7 rings (SSSR count). The molecule has 4 heteroatoms. The smallest absolute Gasteiger partial charge is 0.159 e. The van der Waals surface area contributed by atoms with Gasteiger partial charge in [0.25, 0.3) is 0 Å². The summed E-state index contributed by atoms with van der Waals surface area (Å²) in [5.74, 6) is 20.0. The first-order valence-electron chi connectivity index (χ1n) is 23.3. The highest BCUT2D eigenvalue weighted by Crippen LogP contribution is 2.46. The lowest BCUT2D eigenvalue weighted by Gasteiger charge is -2.43. The highest BCUT2D eigenvalue weighted by Gasteiger charge is 2.42. The first kappa shape index (κ1) is 40.4. The van der Waals surface area contributed by atoms with E-state index in [9.17, 15) is 0 Å². The molecule has 1 aromatic carbocycles. The Morgan fingerprint density at radius 2 is 0.870 bits per heavy atom. The summed E-state index contributed by atoms with van der Waals surface area (Å²) >= 11 is 0. The van der Waals surface area contributed by atoms with E-state index in [4.69, 9.17) is 18.9 Å². The van der Waals surface area contributed by atoms with E-state index in [0.29, 0.717) is 0 Å². The number of ether oxygens (including phenoxy) is 4. The molecule has 0 bridgehead atoms. The van der Waals surface area contributed by atoms with Crippen molar-refractivity contribution in [1.82, 2.24) is 0 Å². The van der Waals surface area contributed by atoms with E-state index in [2.05, 4.69) is 61.8 Å². The molecule has 2 unspecified atom stereocenters. The van der Waals surface area contributed by atoms with Crippen LogP contribution in [0, 0.1) is 59.2 Å². The van der Waals surface area contributed by atoms with Crippen LogP contribution in [-0.2, 0) is 18.9 Å². The van der Waals surface area contributed by atoms with Crippen LogP contribution in [0.25, 0.3) is 0 Å². The molecular weight excluding hydrogens is 665 g/mol. The lowest BCUT2D eigenvalue weighted by atomic mass is 9.67. The largest absolute Gasteiger partial charge is 0.353 e. The fourth-order valence-electron chi connectivity index (χ4n) is 11.5. The predicted octanol–water partition coefficient (Wildman–Crippen LogP) is 12.5. The molecule has 0 amide bonds. The molecule has 2 atom stereocenters. The van der Waals surface area contributed by atoms with Gasteiger partial charge in [-0.3, -0.25) is 0 Å². The van der Waals surface area contributed by atoms with E-state index in [1.54, 1.807) is 0 Å². The van der Waals surface area contributed by atoms with Gasteiger partial charge in [0.2, 0.25) is 0 Å². The van der Waals surface area contributed by atoms with Crippen molar-refractivity contribution in [1.29, 1.82) is 0 Å². The predicted molar refractivity (Wildman–Crippen MR) is 220 cm³/mol. The van der Waals surface area contributed by atoms with Gasteiger partial charge in [0.05, 0.1) is 0 Å². The fraction of sp³-hybridized carbons (Fsp3) is 0.800. The molecule has 4 aliphatic carbocycles. The van der Waals surface area contributed by atoms with E-state index in [1.807, 2.05) is 0 Å². The van der Waals surface area contributed by atoms with Crippen LogP contribution in [0.5, 0.6) is 0 Å². The molecule has 6 aliphatic rings. The van der Waals surface area contributed by atoms with Crippen molar-refractivity contribution in [3.8, 4) is 23.7 Å². The van der Waals surface area contributed by atoms with Crippen LogP contribution < -0.4 is 0 Å². The molecule has 6 fully saturated rings. The summed E-state index contributed by atoms with van der Waals surface area (Å²) in [6.07, 6.45) is 32.4. The highest BCUT2D eigenvalue weighted by atomic mass is 16.7. The fourth-order valence-corrected chi connectivity index (χ4v) is 11.5. The molecule has 2 aliphatic heterocycles. The van der Waals surface area contributed by atoms with Gasteiger partial charge in [-0.15, -0.1) is 0 Å². The number of hydrogen-bond acceptors (Lipinski definition) is 4. The van der Waals surface area contributed by atoms with Crippen LogP contribution in [0.3, 0.4) is 0 Å². The molecule has 2 saturated heterocycles. The molecule has 2 heterocycles. The van der Waals surface area contributed by atoms with Gasteiger partial charge in [-0.25, -0.2) is 0 Å². The second kappa shape index (κ2) is 20.0. The SMILES string of the molecule is CCCC1CCC(C2CCC(C#Cc3ccc(C#CC4(OC5CCCCO5)CCC(C5CCC(CCC)CC5)CC4)cc3)(OC3CCCCO3)CC2)CC1. The Morgan fingerprint density at radius 1 is 0.500 bits per heavy atom. The maximum absolute atomic E-state index is 6.85. The Kier molecular flexibility index (Phi) is 15.0. The topological polar surface area (TPSA) is 36.9 Å². The van der Waals surface area contributed by atoms with Crippen LogP contribution in [0.4, 0.5) is 0 Å². The van der Waals surface area contributed by atoms with Crippen molar-refractivity contribution in [2.75, 3.05) is 13.2 Å². The van der Waals surface area contributed by atoms with Gasteiger partial charge in [-0.1, -0.05) is 88.9 Å². The Hall–Kier alpha value is -1.82. The summed E-state index contributed by atoms with van der Waals surface area (Å²) in [4.78, 5) is 0. The van der Waals surface area contributed by atoms with Crippen molar-refractivity contribution in [2.24, 2.45) is 35.5 Å². The zero-order valence-corrected chi connectivity index (χ0v) is 34.4. The highest BCUT2D eigenvalue weighted by molar-refractivity contribution is 5.44. The summed E-state index contributed by atoms with van der Waals surface area (Å²) < 4.78 is 25.9. The van der Waals surface area contributed by atoms with Crippen molar-refractivity contribution in [3.05, 3.63) is 35.4 Å². The van der Waals surface area contributed by atoms with E-state index < -0.39 is 11.2 Å². The molecule has 298 valence electrons. The molecule has 0 aromatic heterocycles. The van der Waals surface area contributed by atoms with Gasteiger partial charge in [-0.05, 0) is 175 Å². The average Bonchev–Trinajstić information content (AvgIpc) is 3.22. The average molecular weight is 739 g/mol. The first-order valence-corrected chi connectivity index (χ1v) is 23.3. The number of rotatable bonds is 10. The van der Waals surface area contributed by atoms with Gasteiger partial charge in [0.1, 0.15) is 11.2 Å². The zero-order chi connectivity index (χ0) is 37.1. The Bertz CT molecular complexity index is 1260. The van der Waals surface area contributed by atoms with E-state index in [0.717, 1.165) is 111 Å².